The van der Waals surface area contributed by atoms with Crippen molar-refractivity contribution >= 4 is 5.65 Å². The summed E-state index contributed by atoms with van der Waals surface area (Å²) < 4.78 is 6.72. The van der Waals surface area contributed by atoms with Gasteiger partial charge in [0, 0.05) is 11.6 Å². The first-order chi connectivity index (χ1) is 8.38. The average Bonchev–Trinajstić information content (AvgIpc) is 2.86. The maximum Gasteiger partial charge on any atom is 0.218 e. The molecule has 0 radical (unpaired) electrons. The number of tetrazole rings is 1. The van der Waals surface area contributed by atoms with Gasteiger partial charge in [-0.15, -0.1) is 5.10 Å². The summed E-state index contributed by atoms with van der Waals surface area (Å²) in [7, 11) is 1.57. The third kappa shape index (κ3) is 1.59. The molecule has 0 fully saturated rings. The Hall–Kier alpha value is -2.50. The highest BCUT2D eigenvalue weighted by atomic mass is 16.5. The first-order valence-corrected chi connectivity index (χ1v) is 5.07. The lowest BCUT2D eigenvalue weighted by atomic mass is 10.2. The van der Waals surface area contributed by atoms with Crippen LogP contribution < -0.4 is 4.74 Å². The Kier molecular flexibility index (Phi) is 2.18. The van der Waals surface area contributed by atoms with E-state index in [2.05, 4.69) is 20.5 Å². The van der Waals surface area contributed by atoms with Crippen LogP contribution in [0.3, 0.4) is 0 Å². The van der Waals surface area contributed by atoms with Crippen LogP contribution in [-0.2, 0) is 0 Å². The average molecular weight is 227 g/mol. The molecule has 0 amide bonds. The zero-order valence-corrected chi connectivity index (χ0v) is 9.11. The van der Waals surface area contributed by atoms with Gasteiger partial charge in [-0.3, -0.25) is 0 Å². The van der Waals surface area contributed by atoms with Crippen molar-refractivity contribution < 1.29 is 4.74 Å². The van der Waals surface area contributed by atoms with E-state index in [0.717, 1.165) is 5.56 Å². The Labute approximate surface area is 96.9 Å². The summed E-state index contributed by atoms with van der Waals surface area (Å²) in [5, 5.41) is 11.4. The maximum atomic E-state index is 5.13. The molecule has 84 valence electrons. The lowest BCUT2D eigenvalue weighted by Crippen LogP contribution is -2.00. The quantitative estimate of drug-likeness (QED) is 0.658. The Morgan fingerprint density at radius 1 is 1.18 bits per heavy atom. The van der Waals surface area contributed by atoms with E-state index in [4.69, 9.17) is 4.74 Å². The monoisotopic (exact) mass is 227 g/mol. The third-order valence-electron chi connectivity index (χ3n) is 2.40. The molecule has 0 bridgehead atoms. The third-order valence-corrected chi connectivity index (χ3v) is 2.40. The molecule has 3 aromatic rings. The Morgan fingerprint density at radius 3 is 2.76 bits per heavy atom. The zero-order valence-electron chi connectivity index (χ0n) is 9.11. The molecule has 6 heteroatoms. The Morgan fingerprint density at radius 2 is 2.00 bits per heavy atom. The van der Waals surface area contributed by atoms with Crippen molar-refractivity contribution in [2.75, 3.05) is 7.11 Å². The summed E-state index contributed by atoms with van der Waals surface area (Å²) in [6.07, 6.45) is 0. The molecule has 0 saturated heterocycles. The number of fused-ring (bicyclic) bond motifs is 1. The number of nitrogens with zero attached hydrogens (tertiary/aromatic N) is 5. The molecule has 0 aliphatic heterocycles. The van der Waals surface area contributed by atoms with Crippen LogP contribution in [0, 0.1) is 0 Å². The van der Waals surface area contributed by atoms with E-state index >= 15 is 0 Å². The van der Waals surface area contributed by atoms with Gasteiger partial charge in [0.25, 0.3) is 0 Å². The standard InChI is InChI=1S/C11H9N5O/c1-17-10-7-9-13-14-15-16(9)11(12-10)8-5-3-2-4-6-8/h2-7H,1H3. The largest absolute Gasteiger partial charge is 0.481 e. The molecule has 2 heterocycles. The highest BCUT2D eigenvalue weighted by Gasteiger charge is 2.10. The highest BCUT2D eigenvalue weighted by Crippen LogP contribution is 2.20. The molecule has 17 heavy (non-hydrogen) atoms. The fourth-order valence-corrected chi connectivity index (χ4v) is 1.61. The summed E-state index contributed by atoms with van der Waals surface area (Å²) in [6, 6.07) is 11.4. The van der Waals surface area contributed by atoms with Crippen molar-refractivity contribution in [3.63, 3.8) is 0 Å². The van der Waals surface area contributed by atoms with Gasteiger partial charge in [-0.2, -0.15) is 9.50 Å². The van der Waals surface area contributed by atoms with Crippen molar-refractivity contribution in [1.82, 2.24) is 25.0 Å². The lowest BCUT2D eigenvalue weighted by molar-refractivity contribution is 0.397. The summed E-state index contributed by atoms with van der Waals surface area (Å²) in [6.45, 7) is 0. The van der Waals surface area contributed by atoms with Crippen molar-refractivity contribution in [3.8, 4) is 17.3 Å². The number of ether oxygens (including phenoxy) is 1. The first-order valence-electron chi connectivity index (χ1n) is 5.07. The molecule has 0 atom stereocenters. The summed E-state index contributed by atoms with van der Waals surface area (Å²) >= 11 is 0. The molecule has 6 nitrogen and oxygen atoms in total. The van der Waals surface area contributed by atoms with Gasteiger partial charge in [0.2, 0.25) is 5.88 Å². The molecule has 0 aliphatic carbocycles. The van der Waals surface area contributed by atoms with Crippen molar-refractivity contribution in [2.45, 2.75) is 0 Å². The minimum absolute atomic E-state index is 0.492. The molecule has 0 saturated carbocycles. The van der Waals surface area contributed by atoms with Crippen LogP contribution in [0.15, 0.2) is 36.4 Å². The maximum absolute atomic E-state index is 5.13. The van der Waals surface area contributed by atoms with Crippen LogP contribution in [0.5, 0.6) is 5.88 Å². The number of methoxy groups -OCH3 is 1. The molecule has 1 aromatic carbocycles. The van der Waals surface area contributed by atoms with E-state index in [1.165, 1.54) is 0 Å². The molecular weight excluding hydrogens is 218 g/mol. The van der Waals surface area contributed by atoms with E-state index in [9.17, 15) is 0 Å². The number of hydrogen-bond acceptors (Lipinski definition) is 5. The van der Waals surface area contributed by atoms with Crippen LogP contribution >= 0.6 is 0 Å². The number of aromatic nitrogens is 5. The van der Waals surface area contributed by atoms with Gasteiger partial charge in [0.1, 0.15) is 0 Å². The van der Waals surface area contributed by atoms with Gasteiger partial charge in [-0.1, -0.05) is 30.3 Å². The minimum Gasteiger partial charge on any atom is -0.481 e. The van der Waals surface area contributed by atoms with Crippen molar-refractivity contribution in [2.24, 2.45) is 0 Å². The van der Waals surface area contributed by atoms with Crippen LogP contribution in [0.2, 0.25) is 0 Å². The lowest BCUT2D eigenvalue weighted by Gasteiger charge is -2.04. The molecule has 2 aromatic heterocycles. The van der Waals surface area contributed by atoms with Crippen LogP contribution in [0.4, 0.5) is 0 Å². The second-order valence-electron chi connectivity index (χ2n) is 3.44. The van der Waals surface area contributed by atoms with E-state index in [1.807, 2.05) is 30.3 Å². The Bertz CT molecular complexity index is 649. The van der Waals surface area contributed by atoms with Gasteiger partial charge >= 0.3 is 0 Å². The van der Waals surface area contributed by atoms with Crippen molar-refractivity contribution in [3.05, 3.63) is 36.4 Å². The van der Waals surface area contributed by atoms with Gasteiger partial charge in [-0.05, 0) is 10.4 Å². The van der Waals surface area contributed by atoms with Crippen LogP contribution in [0.25, 0.3) is 17.0 Å². The highest BCUT2D eigenvalue weighted by molar-refractivity contribution is 5.59. The van der Waals surface area contributed by atoms with E-state index in [1.54, 1.807) is 17.7 Å². The molecule has 0 spiro atoms. The van der Waals surface area contributed by atoms with Crippen LogP contribution in [-0.4, -0.2) is 32.1 Å². The van der Waals surface area contributed by atoms with Gasteiger partial charge in [0.05, 0.1) is 7.11 Å². The summed E-state index contributed by atoms with van der Waals surface area (Å²) in [5.74, 6) is 1.15. The minimum atomic E-state index is 0.492. The van der Waals surface area contributed by atoms with E-state index in [-0.39, 0.29) is 0 Å². The molecule has 3 rings (SSSR count). The fraction of sp³-hybridized carbons (Fsp3) is 0.0909. The topological polar surface area (TPSA) is 65.2 Å². The van der Waals surface area contributed by atoms with Crippen molar-refractivity contribution in [1.29, 1.82) is 0 Å². The van der Waals surface area contributed by atoms with E-state index < -0.39 is 0 Å². The predicted octanol–water partition coefficient (Wildman–Crippen LogP) is 1.19. The van der Waals surface area contributed by atoms with Gasteiger partial charge < -0.3 is 4.74 Å². The fourth-order valence-electron chi connectivity index (χ4n) is 1.61. The molecule has 0 unspecified atom stereocenters. The molecule has 0 aliphatic rings. The predicted molar refractivity (Wildman–Crippen MR) is 60.6 cm³/mol. The molecular formula is C11H9N5O. The number of hydrogen-bond donors (Lipinski definition) is 0. The second-order valence-corrected chi connectivity index (χ2v) is 3.44. The second kappa shape index (κ2) is 3.82. The van der Waals surface area contributed by atoms with Crippen LogP contribution in [0.1, 0.15) is 0 Å². The number of rotatable bonds is 2. The van der Waals surface area contributed by atoms with E-state index in [0.29, 0.717) is 17.4 Å². The summed E-state index contributed by atoms with van der Waals surface area (Å²) in [5.41, 5.74) is 1.54. The summed E-state index contributed by atoms with van der Waals surface area (Å²) in [4.78, 5) is 4.36. The zero-order chi connectivity index (χ0) is 11.7. The number of benzene rings is 1. The SMILES string of the molecule is COc1cc2nnnn2c(-c2ccccc2)n1. The smallest absolute Gasteiger partial charge is 0.218 e. The van der Waals surface area contributed by atoms with Gasteiger partial charge in [0.15, 0.2) is 11.5 Å². The Balaban J connectivity index is 2.30. The normalized spacial score (nSPS) is 10.6. The molecule has 0 N–H and O–H groups in total. The van der Waals surface area contributed by atoms with Gasteiger partial charge in [-0.25, -0.2) is 0 Å². The first kappa shape index (κ1) is 9.71.